The SMILES string of the molecule is CN(C)C(=O)C1CCN(CCC#N)CC1. The highest BCUT2D eigenvalue weighted by molar-refractivity contribution is 5.78. The molecule has 1 saturated heterocycles. The van der Waals surface area contributed by atoms with E-state index < -0.39 is 0 Å². The van der Waals surface area contributed by atoms with Crippen molar-refractivity contribution < 1.29 is 4.79 Å². The van der Waals surface area contributed by atoms with E-state index in [1.165, 1.54) is 0 Å². The van der Waals surface area contributed by atoms with Gasteiger partial charge in [0.25, 0.3) is 0 Å². The Morgan fingerprint density at radius 3 is 2.53 bits per heavy atom. The quantitative estimate of drug-likeness (QED) is 0.687. The number of hydrogen-bond acceptors (Lipinski definition) is 3. The molecule has 15 heavy (non-hydrogen) atoms. The largest absolute Gasteiger partial charge is 0.349 e. The molecule has 1 rings (SSSR count). The van der Waals surface area contributed by atoms with Gasteiger partial charge in [0.15, 0.2) is 0 Å². The number of carbonyl (C=O) groups excluding carboxylic acids is 1. The Kier molecular flexibility index (Phi) is 4.57. The van der Waals surface area contributed by atoms with Gasteiger partial charge in [-0.1, -0.05) is 0 Å². The lowest BCUT2D eigenvalue weighted by atomic mass is 9.95. The van der Waals surface area contributed by atoms with Crippen molar-refractivity contribution in [3.05, 3.63) is 0 Å². The average Bonchev–Trinajstić information content (AvgIpc) is 2.26. The number of nitrogens with zero attached hydrogens (tertiary/aromatic N) is 3. The topological polar surface area (TPSA) is 47.3 Å². The maximum Gasteiger partial charge on any atom is 0.225 e. The monoisotopic (exact) mass is 209 g/mol. The molecular weight excluding hydrogens is 190 g/mol. The van der Waals surface area contributed by atoms with Gasteiger partial charge in [-0.3, -0.25) is 4.79 Å². The molecule has 0 saturated carbocycles. The summed E-state index contributed by atoms with van der Waals surface area (Å²) in [6.45, 7) is 2.75. The standard InChI is InChI=1S/C11H19N3O/c1-13(2)11(15)10-4-8-14(9-5-10)7-3-6-12/h10H,3-5,7-9H2,1-2H3. The molecular formula is C11H19N3O. The fraction of sp³-hybridized carbons (Fsp3) is 0.818. The van der Waals surface area contributed by atoms with Crippen LogP contribution in [0.3, 0.4) is 0 Å². The van der Waals surface area contributed by atoms with Crippen molar-refractivity contribution in [1.29, 1.82) is 5.26 Å². The third-order valence-electron chi connectivity index (χ3n) is 2.92. The van der Waals surface area contributed by atoms with Gasteiger partial charge in [-0.25, -0.2) is 0 Å². The molecule has 0 unspecified atom stereocenters. The summed E-state index contributed by atoms with van der Waals surface area (Å²) in [7, 11) is 3.62. The van der Waals surface area contributed by atoms with E-state index in [9.17, 15) is 4.79 Å². The molecule has 4 heteroatoms. The maximum atomic E-state index is 11.7. The van der Waals surface area contributed by atoms with Crippen LogP contribution in [0.2, 0.25) is 0 Å². The number of likely N-dealkylation sites (tertiary alicyclic amines) is 1. The summed E-state index contributed by atoms with van der Waals surface area (Å²) in [6.07, 6.45) is 2.46. The van der Waals surface area contributed by atoms with Crippen LogP contribution in [0.25, 0.3) is 0 Å². The van der Waals surface area contributed by atoms with Gasteiger partial charge in [0, 0.05) is 33.0 Å². The van der Waals surface area contributed by atoms with Gasteiger partial charge >= 0.3 is 0 Å². The van der Waals surface area contributed by atoms with Gasteiger partial charge in [0.1, 0.15) is 0 Å². The van der Waals surface area contributed by atoms with E-state index in [2.05, 4.69) is 11.0 Å². The number of rotatable bonds is 3. The lowest BCUT2D eigenvalue weighted by Crippen LogP contribution is -2.40. The van der Waals surface area contributed by atoms with E-state index in [0.29, 0.717) is 6.42 Å². The first-order valence-electron chi connectivity index (χ1n) is 5.45. The predicted octanol–water partition coefficient (Wildman–Crippen LogP) is 0.700. The summed E-state index contributed by atoms with van der Waals surface area (Å²) in [6, 6.07) is 2.15. The molecule has 0 aromatic carbocycles. The molecule has 1 fully saturated rings. The van der Waals surface area contributed by atoms with Crippen molar-refractivity contribution in [3.8, 4) is 6.07 Å². The third kappa shape index (κ3) is 3.52. The molecule has 0 aliphatic carbocycles. The highest BCUT2D eigenvalue weighted by Crippen LogP contribution is 2.18. The zero-order valence-electron chi connectivity index (χ0n) is 9.57. The van der Waals surface area contributed by atoms with E-state index >= 15 is 0 Å². The molecule has 0 bridgehead atoms. The molecule has 84 valence electrons. The average molecular weight is 209 g/mol. The normalized spacial score (nSPS) is 18.5. The van der Waals surface area contributed by atoms with Crippen LogP contribution in [0.1, 0.15) is 19.3 Å². The van der Waals surface area contributed by atoms with Gasteiger partial charge in [0.05, 0.1) is 6.07 Å². The Morgan fingerprint density at radius 2 is 2.07 bits per heavy atom. The highest BCUT2D eigenvalue weighted by Gasteiger charge is 2.25. The second kappa shape index (κ2) is 5.72. The van der Waals surface area contributed by atoms with Gasteiger partial charge < -0.3 is 9.80 Å². The van der Waals surface area contributed by atoms with Crippen LogP contribution in [-0.4, -0.2) is 49.4 Å². The van der Waals surface area contributed by atoms with Crippen LogP contribution >= 0.6 is 0 Å². The Hall–Kier alpha value is -1.08. The molecule has 0 N–H and O–H groups in total. The van der Waals surface area contributed by atoms with Crippen LogP contribution in [-0.2, 0) is 4.79 Å². The van der Waals surface area contributed by atoms with E-state index in [1.54, 1.807) is 4.90 Å². The van der Waals surface area contributed by atoms with Crippen molar-refractivity contribution in [1.82, 2.24) is 9.80 Å². The van der Waals surface area contributed by atoms with E-state index in [-0.39, 0.29) is 11.8 Å². The molecule has 0 atom stereocenters. The van der Waals surface area contributed by atoms with Crippen molar-refractivity contribution in [2.75, 3.05) is 33.7 Å². The van der Waals surface area contributed by atoms with Crippen molar-refractivity contribution in [3.63, 3.8) is 0 Å². The lowest BCUT2D eigenvalue weighted by Gasteiger charge is -2.31. The first kappa shape index (κ1) is 12.0. The molecule has 4 nitrogen and oxygen atoms in total. The minimum absolute atomic E-state index is 0.193. The first-order valence-corrected chi connectivity index (χ1v) is 5.45. The van der Waals surface area contributed by atoms with Gasteiger partial charge in [0.2, 0.25) is 5.91 Å². The van der Waals surface area contributed by atoms with Gasteiger partial charge in [-0.05, 0) is 25.9 Å². The highest BCUT2D eigenvalue weighted by atomic mass is 16.2. The Balaban J connectivity index is 2.30. The molecule has 1 heterocycles. The third-order valence-corrected chi connectivity index (χ3v) is 2.92. The summed E-state index contributed by atoms with van der Waals surface area (Å²) >= 11 is 0. The van der Waals surface area contributed by atoms with Crippen LogP contribution in [0, 0.1) is 17.2 Å². The zero-order valence-corrected chi connectivity index (χ0v) is 9.57. The van der Waals surface area contributed by atoms with Gasteiger partial charge in [-0.2, -0.15) is 5.26 Å². The fourth-order valence-corrected chi connectivity index (χ4v) is 1.98. The minimum Gasteiger partial charge on any atom is -0.349 e. The molecule has 1 aliphatic heterocycles. The summed E-state index contributed by atoms with van der Waals surface area (Å²) in [4.78, 5) is 15.6. The van der Waals surface area contributed by atoms with Crippen LogP contribution in [0.4, 0.5) is 0 Å². The second-order valence-electron chi connectivity index (χ2n) is 4.26. The Morgan fingerprint density at radius 1 is 1.47 bits per heavy atom. The van der Waals surface area contributed by atoms with Crippen molar-refractivity contribution in [2.45, 2.75) is 19.3 Å². The van der Waals surface area contributed by atoms with Crippen molar-refractivity contribution in [2.24, 2.45) is 5.92 Å². The van der Waals surface area contributed by atoms with E-state index in [1.807, 2.05) is 14.1 Å². The minimum atomic E-state index is 0.193. The Labute approximate surface area is 91.5 Å². The van der Waals surface area contributed by atoms with E-state index in [0.717, 1.165) is 32.5 Å². The van der Waals surface area contributed by atoms with Crippen LogP contribution in [0.5, 0.6) is 0 Å². The second-order valence-corrected chi connectivity index (χ2v) is 4.26. The summed E-state index contributed by atoms with van der Waals surface area (Å²) in [5.74, 6) is 0.438. The molecule has 1 amide bonds. The molecule has 0 aromatic rings. The zero-order chi connectivity index (χ0) is 11.3. The Bertz CT molecular complexity index is 249. The molecule has 0 aromatic heterocycles. The number of piperidine rings is 1. The number of carbonyl (C=O) groups is 1. The number of amides is 1. The van der Waals surface area contributed by atoms with Crippen LogP contribution in [0.15, 0.2) is 0 Å². The van der Waals surface area contributed by atoms with Crippen LogP contribution < -0.4 is 0 Å². The lowest BCUT2D eigenvalue weighted by molar-refractivity contribution is -0.134. The maximum absolute atomic E-state index is 11.7. The fourth-order valence-electron chi connectivity index (χ4n) is 1.98. The number of nitriles is 1. The summed E-state index contributed by atoms with van der Waals surface area (Å²) in [5, 5.41) is 8.47. The smallest absolute Gasteiger partial charge is 0.225 e. The predicted molar refractivity (Wildman–Crippen MR) is 58.1 cm³/mol. The van der Waals surface area contributed by atoms with E-state index in [4.69, 9.17) is 5.26 Å². The number of hydrogen-bond donors (Lipinski definition) is 0. The molecule has 0 radical (unpaired) electrons. The first-order chi connectivity index (χ1) is 7.15. The summed E-state index contributed by atoms with van der Waals surface area (Å²) < 4.78 is 0. The van der Waals surface area contributed by atoms with Crippen molar-refractivity contribution >= 4 is 5.91 Å². The summed E-state index contributed by atoms with van der Waals surface area (Å²) in [5.41, 5.74) is 0. The van der Waals surface area contributed by atoms with Gasteiger partial charge in [-0.15, -0.1) is 0 Å². The molecule has 0 spiro atoms. The molecule has 1 aliphatic rings.